The van der Waals surface area contributed by atoms with Crippen LogP contribution in [0, 0.1) is 0 Å². The van der Waals surface area contributed by atoms with Crippen LogP contribution in [-0.2, 0) is 27.9 Å². The van der Waals surface area contributed by atoms with Crippen LogP contribution in [0.5, 0.6) is 0 Å². The smallest absolute Gasteiger partial charge is 0.306 e. The number of allylic oxidation sites excluding steroid dienone is 15. The third kappa shape index (κ3) is 69.3. The van der Waals surface area contributed by atoms with Crippen LogP contribution in [0.4, 0.5) is 0 Å². The average molecular weight is 1280 g/mol. The second kappa shape index (κ2) is 68.8. The summed E-state index contributed by atoms with van der Waals surface area (Å²) in [4.78, 5) is 40.3. The normalized spacial score (nSPS) is 14.0. The van der Waals surface area contributed by atoms with Gasteiger partial charge in [-0.1, -0.05) is 324 Å². The predicted octanol–water partition coefficient (Wildman–Crippen LogP) is 24.0. The lowest BCUT2D eigenvalue weighted by molar-refractivity contribution is -0.870. The number of likely N-dealkylation sites (N-methyl/N-ethyl adjacent to an activating group) is 1. The van der Waals surface area contributed by atoms with Gasteiger partial charge in [0.25, 0.3) is 7.82 Å². The highest BCUT2D eigenvalue weighted by Gasteiger charge is 2.27. The van der Waals surface area contributed by atoms with Crippen LogP contribution in [0.1, 0.15) is 348 Å². The number of hydrogen-bond donors (Lipinski definition) is 1. The highest BCUT2D eigenvalue weighted by atomic mass is 31.2. The number of hydrogen-bond acceptors (Lipinski definition) is 7. The molecule has 90 heavy (non-hydrogen) atoms. The molecular formula is C80H145N2O7P. The van der Waals surface area contributed by atoms with Crippen molar-refractivity contribution in [3.8, 4) is 0 Å². The van der Waals surface area contributed by atoms with Crippen LogP contribution in [0.15, 0.2) is 97.2 Å². The number of amides is 1. The quantitative estimate of drug-likeness (QED) is 0.0212. The molecule has 0 aliphatic rings. The molecule has 0 saturated heterocycles. The first-order valence-electron chi connectivity index (χ1n) is 38.0. The zero-order chi connectivity index (χ0) is 65.6. The van der Waals surface area contributed by atoms with Crippen LogP contribution < -0.4 is 10.2 Å². The van der Waals surface area contributed by atoms with E-state index in [1.807, 2.05) is 33.3 Å². The summed E-state index contributed by atoms with van der Waals surface area (Å²) in [5.41, 5.74) is 0. The van der Waals surface area contributed by atoms with Crippen molar-refractivity contribution in [3.63, 3.8) is 0 Å². The van der Waals surface area contributed by atoms with E-state index in [0.717, 1.165) is 109 Å². The molecular weight excluding hydrogens is 1130 g/mol. The molecule has 0 spiro atoms. The summed E-state index contributed by atoms with van der Waals surface area (Å²) in [6.07, 6.45) is 94.0. The van der Waals surface area contributed by atoms with Gasteiger partial charge in [-0.3, -0.25) is 14.2 Å². The van der Waals surface area contributed by atoms with Crippen molar-refractivity contribution < 1.29 is 37.3 Å². The minimum atomic E-state index is -4.71. The summed E-state index contributed by atoms with van der Waals surface area (Å²) in [5.74, 6) is -0.536. The second-order valence-electron chi connectivity index (χ2n) is 26.8. The molecule has 0 aromatic rings. The molecule has 0 aliphatic heterocycles. The largest absolute Gasteiger partial charge is 0.756 e. The SMILES string of the molecule is CC/C=C\C/C=C\C/C=C\C/C=C\C/C=C\CCCCCCCCCCCCCC(=O)NC(COP(=O)([O-])OCC[N+](C)(C)C)C(/C=C/CCCCCCCCCCCC)OC(=O)CCCCCCCCCCCCCCCCC/C=C\C/C=C\CCCCC. The topological polar surface area (TPSA) is 114 Å². The highest BCUT2D eigenvalue weighted by Crippen LogP contribution is 2.38. The molecule has 0 aromatic heterocycles. The monoisotopic (exact) mass is 1280 g/mol. The van der Waals surface area contributed by atoms with Crippen LogP contribution in [0.3, 0.4) is 0 Å². The van der Waals surface area contributed by atoms with E-state index in [1.165, 1.54) is 205 Å². The maximum Gasteiger partial charge on any atom is 0.306 e. The standard InChI is InChI=1S/C80H145N2O7P/c1-7-10-13-16-19-22-25-28-30-32-34-36-38-40-41-43-44-46-48-50-52-54-57-60-63-66-69-72-79(83)81-77(76-88-90(85,86)87-75-74-82(4,5)6)78(71-68-65-62-59-56-27-24-21-18-15-12-9-3)89-80(84)73-70-67-64-61-58-55-53-51-49-47-45-42-39-37-35-33-31-29-26-23-20-17-14-11-8-2/h10,13,19-20,22-23,28-31,34,36,40-41,68,71,77-78H,7-9,11-12,14-18,21,24-27,32-33,35,37-39,42-67,69-70,72-76H2,1-6H3,(H-,81,83,85,86)/b13-10-,22-19-,23-20-,30-28-,31-29-,36-34-,41-40-,71-68+. The molecule has 0 aliphatic carbocycles. The molecule has 3 unspecified atom stereocenters. The molecule has 0 radical (unpaired) electrons. The summed E-state index contributed by atoms with van der Waals surface area (Å²) >= 11 is 0. The Morgan fingerprint density at radius 3 is 1.09 bits per heavy atom. The summed E-state index contributed by atoms with van der Waals surface area (Å²) in [6.45, 7) is 6.74. The number of phosphoric ester groups is 1. The molecule has 9 nitrogen and oxygen atoms in total. The Kier molecular flexibility index (Phi) is 66.4. The van der Waals surface area contributed by atoms with Crippen molar-refractivity contribution in [2.45, 2.75) is 360 Å². The van der Waals surface area contributed by atoms with Crippen molar-refractivity contribution in [3.05, 3.63) is 97.2 Å². The van der Waals surface area contributed by atoms with E-state index < -0.39 is 26.6 Å². The number of nitrogens with zero attached hydrogens (tertiary/aromatic N) is 1. The fourth-order valence-corrected chi connectivity index (χ4v) is 11.7. The van der Waals surface area contributed by atoms with E-state index in [0.29, 0.717) is 17.4 Å². The molecule has 0 saturated carbocycles. The zero-order valence-corrected chi connectivity index (χ0v) is 60.7. The van der Waals surface area contributed by atoms with E-state index in [-0.39, 0.29) is 24.9 Å². The third-order valence-corrected chi connectivity index (χ3v) is 17.7. The first-order valence-corrected chi connectivity index (χ1v) is 39.5. The Balaban J connectivity index is 4.98. The fourth-order valence-electron chi connectivity index (χ4n) is 10.9. The van der Waals surface area contributed by atoms with Gasteiger partial charge in [-0.2, -0.15) is 0 Å². The van der Waals surface area contributed by atoms with Gasteiger partial charge in [0, 0.05) is 12.8 Å². The number of phosphoric acid groups is 1. The van der Waals surface area contributed by atoms with Crippen molar-refractivity contribution in [1.29, 1.82) is 0 Å². The minimum absolute atomic E-state index is 0.0251. The molecule has 10 heteroatoms. The Bertz CT molecular complexity index is 1860. The summed E-state index contributed by atoms with van der Waals surface area (Å²) in [6, 6.07) is -0.895. The van der Waals surface area contributed by atoms with E-state index in [1.54, 1.807) is 0 Å². The van der Waals surface area contributed by atoms with E-state index in [4.69, 9.17) is 13.8 Å². The Morgan fingerprint density at radius 1 is 0.400 bits per heavy atom. The molecule has 3 atom stereocenters. The van der Waals surface area contributed by atoms with E-state index in [9.17, 15) is 19.0 Å². The highest BCUT2D eigenvalue weighted by molar-refractivity contribution is 7.45. The van der Waals surface area contributed by atoms with Gasteiger partial charge in [0.15, 0.2) is 0 Å². The minimum Gasteiger partial charge on any atom is -0.756 e. The number of quaternary nitrogens is 1. The van der Waals surface area contributed by atoms with E-state index >= 15 is 0 Å². The molecule has 0 aromatic carbocycles. The molecule has 0 heterocycles. The molecule has 1 amide bonds. The number of carbonyl (C=O) groups is 2. The number of carbonyl (C=O) groups excluding carboxylic acids is 2. The second-order valence-corrected chi connectivity index (χ2v) is 28.2. The first-order chi connectivity index (χ1) is 43.9. The van der Waals surface area contributed by atoms with Gasteiger partial charge in [-0.15, -0.1) is 0 Å². The predicted molar refractivity (Wildman–Crippen MR) is 390 cm³/mol. The summed E-state index contributed by atoms with van der Waals surface area (Å²) in [5, 5.41) is 3.05. The number of unbranched alkanes of at least 4 members (excludes halogenated alkanes) is 39. The Morgan fingerprint density at radius 2 is 0.711 bits per heavy atom. The Labute approximate surface area is 558 Å². The van der Waals surface area contributed by atoms with Crippen LogP contribution in [-0.4, -0.2) is 69.4 Å². The fraction of sp³-hybridized carbons (Fsp3) is 0.775. The van der Waals surface area contributed by atoms with Gasteiger partial charge in [0.1, 0.15) is 19.3 Å². The van der Waals surface area contributed by atoms with Crippen LogP contribution in [0.2, 0.25) is 0 Å². The molecule has 1 N–H and O–H groups in total. The average Bonchev–Trinajstić information content (AvgIpc) is 3.04. The summed E-state index contributed by atoms with van der Waals surface area (Å²) < 4.78 is 30.5. The van der Waals surface area contributed by atoms with E-state index in [2.05, 4.69) is 111 Å². The van der Waals surface area contributed by atoms with Gasteiger partial charge in [0.05, 0.1) is 33.8 Å². The van der Waals surface area contributed by atoms with Crippen LogP contribution in [0.25, 0.3) is 0 Å². The third-order valence-electron chi connectivity index (χ3n) is 16.7. The maximum absolute atomic E-state index is 13.6. The lowest BCUT2D eigenvalue weighted by atomic mass is 10.0. The van der Waals surface area contributed by atoms with Gasteiger partial charge >= 0.3 is 5.97 Å². The number of esters is 1. The van der Waals surface area contributed by atoms with Crippen molar-refractivity contribution in [2.24, 2.45) is 0 Å². The van der Waals surface area contributed by atoms with Gasteiger partial charge < -0.3 is 28.5 Å². The first kappa shape index (κ1) is 86.9. The molecule has 0 rings (SSSR count). The van der Waals surface area contributed by atoms with Crippen molar-refractivity contribution in [1.82, 2.24) is 5.32 Å². The lowest BCUT2D eigenvalue weighted by Gasteiger charge is -2.30. The Hall–Kier alpha value is -3.07. The summed E-state index contributed by atoms with van der Waals surface area (Å²) in [7, 11) is 1.18. The molecule has 0 bridgehead atoms. The van der Waals surface area contributed by atoms with Gasteiger partial charge in [-0.05, 0) is 109 Å². The van der Waals surface area contributed by atoms with Crippen LogP contribution >= 0.6 is 7.82 Å². The maximum atomic E-state index is 13.6. The number of rotatable bonds is 69. The molecule has 522 valence electrons. The van der Waals surface area contributed by atoms with Crippen molar-refractivity contribution >= 4 is 19.7 Å². The number of nitrogens with one attached hydrogen (secondary N) is 1. The lowest BCUT2D eigenvalue weighted by Crippen LogP contribution is -2.47. The van der Waals surface area contributed by atoms with Gasteiger partial charge in [0.2, 0.25) is 5.91 Å². The zero-order valence-electron chi connectivity index (χ0n) is 59.8. The van der Waals surface area contributed by atoms with Gasteiger partial charge in [-0.25, -0.2) is 0 Å². The number of ether oxygens (including phenoxy) is 1. The van der Waals surface area contributed by atoms with Crippen molar-refractivity contribution in [2.75, 3.05) is 40.9 Å². The molecule has 0 fully saturated rings.